The summed E-state index contributed by atoms with van der Waals surface area (Å²) in [6.45, 7) is 4.01. The molecule has 88 valence electrons. The second kappa shape index (κ2) is 5.61. The van der Waals surface area contributed by atoms with E-state index in [4.69, 9.17) is 5.73 Å². The quantitative estimate of drug-likeness (QED) is 0.805. The summed E-state index contributed by atoms with van der Waals surface area (Å²) >= 11 is 0. The smallest absolute Gasteiger partial charge is 0.236 e. The van der Waals surface area contributed by atoms with Gasteiger partial charge in [-0.25, -0.2) is 4.39 Å². The molecule has 0 aliphatic rings. The average Bonchev–Trinajstić information content (AvgIpc) is 2.20. The van der Waals surface area contributed by atoms with E-state index in [0.717, 1.165) is 11.1 Å². The van der Waals surface area contributed by atoms with E-state index in [0.29, 0.717) is 13.0 Å². The van der Waals surface area contributed by atoms with Crippen LogP contribution in [0.5, 0.6) is 0 Å². The summed E-state index contributed by atoms with van der Waals surface area (Å²) in [6, 6.07) is 4.16. The van der Waals surface area contributed by atoms with Crippen molar-refractivity contribution in [3.63, 3.8) is 0 Å². The Kier molecular flexibility index (Phi) is 4.43. The molecule has 4 heteroatoms. The summed E-state index contributed by atoms with van der Waals surface area (Å²) < 4.78 is 12.8. The van der Waals surface area contributed by atoms with Crippen LogP contribution in [-0.4, -0.2) is 18.5 Å². The van der Waals surface area contributed by atoms with Crippen molar-refractivity contribution in [2.75, 3.05) is 6.54 Å². The van der Waals surface area contributed by atoms with Crippen LogP contribution in [0, 0.1) is 12.7 Å². The lowest BCUT2D eigenvalue weighted by atomic mass is 10.1. The maximum atomic E-state index is 12.8. The number of hydrogen-bond donors (Lipinski definition) is 2. The van der Waals surface area contributed by atoms with Crippen molar-refractivity contribution >= 4 is 5.91 Å². The monoisotopic (exact) mass is 224 g/mol. The fourth-order valence-electron chi connectivity index (χ4n) is 1.42. The predicted octanol–water partition coefficient (Wildman–Crippen LogP) is 1.14. The fraction of sp³-hybridized carbons (Fsp3) is 0.417. The molecule has 1 rings (SSSR count). The molecule has 0 unspecified atom stereocenters. The van der Waals surface area contributed by atoms with Crippen molar-refractivity contribution in [3.8, 4) is 0 Å². The van der Waals surface area contributed by atoms with Crippen molar-refractivity contribution in [1.29, 1.82) is 0 Å². The number of benzene rings is 1. The molecule has 1 aromatic carbocycles. The lowest BCUT2D eigenvalue weighted by Crippen LogP contribution is -2.39. The van der Waals surface area contributed by atoms with Crippen LogP contribution in [-0.2, 0) is 11.2 Å². The molecule has 1 amide bonds. The van der Waals surface area contributed by atoms with Gasteiger partial charge in [0, 0.05) is 6.54 Å². The maximum absolute atomic E-state index is 12.8. The SMILES string of the molecule is Cc1cc(F)ccc1CCNC(=O)[C@H](C)N. The first-order chi connectivity index (χ1) is 7.50. The predicted molar refractivity (Wildman–Crippen MR) is 61.5 cm³/mol. The molecule has 0 bridgehead atoms. The van der Waals surface area contributed by atoms with E-state index in [1.165, 1.54) is 12.1 Å². The van der Waals surface area contributed by atoms with E-state index >= 15 is 0 Å². The Morgan fingerprint density at radius 3 is 2.81 bits per heavy atom. The number of nitrogens with one attached hydrogen (secondary N) is 1. The van der Waals surface area contributed by atoms with Crippen LogP contribution in [0.15, 0.2) is 18.2 Å². The summed E-state index contributed by atoms with van der Waals surface area (Å²) in [5, 5.41) is 2.71. The lowest BCUT2D eigenvalue weighted by Gasteiger charge is -2.09. The van der Waals surface area contributed by atoms with E-state index in [-0.39, 0.29) is 11.7 Å². The number of rotatable bonds is 4. The molecule has 3 N–H and O–H groups in total. The highest BCUT2D eigenvalue weighted by Crippen LogP contribution is 2.10. The molecule has 0 saturated carbocycles. The Bertz CT molecular complexity index is 377. The number of carbonyl (C=O) groups is 1. The number of halogens is 1. The third-order valence-electron chi connectivity index (χ3n) is 2.41. The first-order valence-corrected chi connectivity index (χ1v) is 5.29. The van der Waals surface area contributed by atoms with Crippen LogP contribution >= 0.6 is 0 Å². The Labute approximate surface area is 94.8 Å². The van der Waals surface area contributed by atoms with E-state index in [1.807, 2.05) is 6.92 Å². The number of aryl methyl sites for hydroxylation is 1. The van der Waals surface area contributed by atoms with E-state index in [1.54, 1.807) is 13.0 Å². The molecule has 0 aliphatic carbocycles. The number of amides is 1. The fourth-order valence-corrected chi connectivity index (χ4v) is 1.42. The van der Waals surface area contributed by atoms with Gasteiger partial charge >= 0.3 is 0 Å². The van der Waals surface area contributed by atoms with Crippen LogP contribution < -0.4 is 11.1 Å². The summed E-state index contributed by atoms with van der Waals surface area (Å²) in [5.41, 5.74) is 7.34. The minimum absolute atomic E-state index is 0.167. The first-order valence-electron chi connectivity index (χ1n) is 5.29. The van der Waals surface area contributed by atoms with Crippen molar-refractivity contribution in [3.05, 3.63) is 35.1 Å². The molecule has 0 spiro atoms. The zero-order valence-corrected chi connectivity index (χ0v) is 9.59. The molecule has 0 fully saturated rings. The molecule has 0 aromatic heterocycles. The van der Waals surface area contributed by atoms with Gasteiger partial charge in [0.15, 0.2) is 0 Å². The summed E-state index contributed by atoms with van der Waals surface area (Å²) in [4.78, 5) is 11.2. The second-order valence-electron chi connectivity index (χ2n) is 3.90. The van der Waals surface area contributed by atoms with E-state index in [2.05, 4.69) is 5.32 Å². The largest absolute Gasteiger partial charge is 0.354 e. The van der Waals surface area contributed by atoms with Gasteiger partial charge in [-0.1, -0.05) is 6.07 Å². The Morgan fingerprint density at radius 2 is 2.25 bits per heavy atom. The van der Waals surface area contributed by atoms with Crippen LogP contribution in [0.1, 0.15) is 18.1 Å². The highest BCUT2D eigenvalue weighted by atomic mass is 19.1. The summed E-state index contributed by atoms with van der Waals surface area (Å²) in [6.07, 6.45) is 0.685. The second-order valence-corrected chi connectivity index (χ2v) is 3.90. The standard InChI is InChI=1S/C12H17FN2O/c1-8-7-11(13)4-3-10(8)5-6-15-12(16)9(2)14/h3-4,7,9H,5-6,14H2,1-2H3,(H,15,16)/t9-/m0/s1. The Hall–Kier alpha value is -1.42. The average molecular weight is 224 g/mol. The van der Waals surface area contributed by atoms with Gasteiger partial charge in [-0.05, 0) is 43.5 Å². The molecule has 16 heavy (non-hydrogen) atoms. The molecule has 0 heterocycles. The third-order valence-corrected chi connectivity index (χ3v) is 2.41. The number of nitrogens with two attached hydrogens (primary N) is 1. The molecule has 3 nitrogen and oxygen atoms in total. The topological polar surface area (TPSA) is 55.1 Å². The number of hydrogen-bond acceptors (Lipinski definition) is 2. The Morgan fingerprint density at radius 1 is 1.56 bits per heavy atom. The molecular weight excluding hydrogens is 207 g/mol. The Balaban J connectivity index is 2.46. The third kappa shape index (κ3) is 3.62. The van der Waals surface area contributed by atoms with Gasteiger partial charge in [-0.3, -0.25) is 4.79 Å². The summed E-state index contributed by atoms with van der Waals surface area (Å²) in [5.74, 6) is -0.402. The van der Waals surface area contributed by atoms with Gasteiger partial charge in [-0.15, -0.1) is 0 Å². The molecule has 0 aliphatic heterocycles. The highest BCUT2D eigenvalue weighted by molar-refractivity contribution is 5.80. The van der Waals surface area contributed by atoms with Gasteiger partial charge in [0.05, 0.1) is 6.04 Å². The molecule has 1 aromatic rings. The van der Waals surface area contributed by atoms with Crippen molar-refractivity contribution in [2.24, 2.45) is 5.73 Å². The minimum atomic E-state index is -0.491. The van der Waals surface area contributed by atoms with Gasteiger partial charge in [0.2, 0.25) is 5.91 Å². The minimum Gasteiger partial charge on any atom is -0.354 e. The van der Waals surface area contributed by atoms with Crippen molar-refractivity contribution < 1.29 is 9.18 Å². The van der Waals surface area contributed by atoms with Crippen LogP contribution in [0.2, 0.25) is 0 Å². The van der Waals surface area contributed by atoms with Crippen molar-refractivity contribution in [2.45, 2.75) is 26.3 Å². The zero-order chi connectivity index (χ0) is 12.1. The van der Waals surface area contributed by atoms with Crippen LogP contribution in [0.25, 0.3) is 0 Å². The van der Waals surface area contributed by atoms with Crippen LogP contribution in [0.4, 0.5) is 4.39 Å². The molecule has 1 atom stereocenters. The van der Waals surface area contributed by atoms with E-state index in [9.17, 15) is 9.18 Å². The van der Waals surface area contributed by atoms with Gasteiger partial charge in [0.25, 0.3) is 0 Å². The van der Waals surface area contributed by atoms with Gasteiger partial charge < -0.3 is 11.1 Å². The van der Waals surface area contributed by atoms with Crippen molar-refractivity contribution in [1.82, 2.24) is 5.32 Å². The van der Waals surface area contributed by atoms with Crippen LogP contribution in [0.3, 0.4) is 0 Å². The zero-order valence-electron chi connectivity index (χ0n) is 9.59. The van der Waals surface area contributed by atoms with Gasteiger partial charge in [-0.2, -0.15) is 0 Å². The molecule has 0 saturated heterocycles. The lowest BCUT2D eigenvalue weighted by molar-refractivity contribution is -0.121. The first kappa shape index (κ1) is 12.6. The normalized spacial score (nSPS) is 12.2. The van der Waals surface area contributed by atoms with Gasteiger partial charge in [0.1, 0.15) is 5.82 Å². The van der Waals surface area contributed by atoms with E-state index < -0.39 is 6.04 Å². The molecule has 0 radical (unpaired) electrons. The highest BCUT2D eigenvalue weighted by Gasteiger charge is 2.06. The molecular formula is C12H17FN2O. The number of carbonyl (C=O) groups excluding carboxylic acids is 1. The maximum Gasteiger partial charge on any atom is 0.236 e. The summed E-state index contributed by atoms with van der Waals surface area (Å²) in [7, 11) is 0.